The van der Waals surface area contributed by atoms with Crippen LogP contribution in [0.15, 0.2) is 18.5 Å². The number of nitrogens with zero attached hydrogens (tertiary/aromatic N) is 2. The summed E-state index contributed by atoms with van der Waals surface area (Å²) in [6, 6.07) is 2.14. The minimum Gasteiger partial charge on any atom is -0.315 e. The Balaban J connectivity index is 2.35. The summed E-state index contributed by atoms with van der Waals surface area (Å²) in [6.45, 7) is 5.00. The van der Waals surface area contributed by atoms with Crippen molar-refractivity contribution in [3.8, 4) is 10.7 Å². The van der Waals surface area contributed by atoms with Crippen LogP contribution in [0.5, 0.6) is 0 Å². The van der Waals surface area contributed by atoms with E-state index >= 15 is 0 Å². The maximum atomic E-state index is 4.45. The number of pyridine rings is 1. The second-order valence-corrected chi connectivity index (χ2v) is 4.96. The van der Waals surface area contributed by atoms with Crippen LogP contribution in [0, 0.1) is 13.8 Å². The standard InChI is InChI=1S/C12H15N3S/c1-8-4-9(2)11(14-5-8)12-15-7-10(16-12)6-13-3/h4-5,7,13H,6H2,1-3H3. The first-order valence-electron chi connectivity index (χ1n) is 5.23. The Bertz CT molecular complexity index is 491. The average molecular weight is 233 g/mol. The molecule has 0 atom stereocenters. The molecule has 0 aliphatic heterocycles. The molecule has 4 heteroatoms. The SMILES string of the molecule is CNCc1cnc(-c2ncc(C)cc2C)s1. The molecule has 0 unspecified atom stereocenters. The molecule has 2 aromatic rings. The lowest BCUT2D eigenvalue weighted by Gasteiger charge is -2.01. The zero-order chi connectivity index (χ0) is 11.5. The largest absolute Gasteiger partial charge is 0.315 e. The molecule has 1 N–H and O–H groups in total. The van der Waals surface area contributed by atoms with Crippen molar-refractivity contribution in [2.75, 3.05) is 7.05 Å². The molecule has 3 nitrogen and oxygen atoms in total. The van der Waals surface area contributed by atoms with E-state index in [2.05, 4.69) is 35.2 Å². The molecule has 0 aliphatic carbocycles. The van der Waals surface area contributed by atoms with Crippen LogP contribution < -0.4 is 5.32 Å². The van der Waals surface area contributed by atoms with Gasteiger partial charge in [0.25, 0.3) is 0 Å². The van der Waals surface area contributed by atoms with Crippen LogP contribution in [-0.4, -0.2) is 17.0 Å². The lowest BCUT2D eigenvalue weighted by atomic mass is 10.2. The molecule has 0 bridgehead atoms. The molecule has 2 heterocycles. The summed E-state index contributed by atoms with van der Waals surface area (Å²) in [4.78, 5) is 10.1. The minimum absolute atomic E-state index is 0.864. The highest BCUT2D eigenvalue weighted by atomic mass is 32.1. The van der Waals surface area contributed by atoms with E-state index in [4.69, 9.17) is 0 Å². The van der Waals surface area contributed by atoms with E-state index in [1.807, 2.05) is 19.4 Å². The van der Waals surface area contributed by atoms with Crippen molar-refractivity contribution in [3.05, 3.63) is 34.5 Å². The van der Waals surface area contributed by atoms with Gasteiger partial charge in [-0.2, -0.15) is 0 Å². The third-order valence-corrected chi connectivity index (χ3v) is 3.33. The Hall–Kier alpha value is -1.26. The zero-order valence-electron chi connectivity index (χ0n) is 9.74. The molecule has 0 saturated carbocycles. The van der Waals surface area contributed by atoms with E-state index in [1.165, 1.54) is 16.0 Å². The molecule has 0 aromatic carbocycles. The van der Waals surface area contributed by atoms with Gasteiger partial charge in [0, 0.05) is 23.8 Å². The molecule has 0 aliphatic rings. The number of rotatable bonds is 3. The van der Waals surface area contributed by atoms with Gasteiger partial charge in [0.05, 0.1) is 0 Å². The lowest BCUT2D eigenvalue weighted by Crippen LogP contribution is -2.02. The van der Waals surface area contributed by atoms with Crippen LogP contribution in [0.3, 0.4) is 0 Å². The van der Waals surface area contributed by atoms with Crippen LogP contribution in [0.25, 0.3) is 10.7 Å². The molecule has 0 amide bonds. The van der Waals surface area contributed by atoms with E-state index in [0.29, 0.717) is 0 Å². The summed E-state index contributed by atoms with van der Waals surface area (Å²) in [7, 11) is 1.94. The highest BCUT2D eigenvalue weighted by Gasteiger charge is 2.08. The van der Waals surface area contributed by atoms with Gasteiger partial charge in [-0.1, -0.05) is 6.07 Å². The van der Waals surface area contributed by atoms with Crippen molar-refractivity contribution < 1.29 is 0 Å². The van der Waals surface area contributed by atoms with Crippen molar-refractivity contribution in [1.82, 2.24) is 15.3 Å². The normalized spacial score (nSPS) is 10.7. The summed E-state index contributed by atoms with van der Waals surface area (Å²) in [6.07, 6.45) is 3.80. The van der Waals surface area contributed by atoms with E-state index in [-0.39, 0.29) is 0 Å². The van der Waals surface area contributed by atoms with E-state index in [1.54, 1.807) is 11.3 Å². The predicted octanol–water partition coefficient (Wildman–Crippen LogP) is 2.54. The van der Waals surface area contributed by atoms with Crippen LogP contribution >= 0.6 is 11.3 Å². The van der Waals surface area contributed by atoms with Gasteiger partial charge in [-0.05, 0) is 32.0 Å². The molecule has 84 valence electrons. The van der Waals surface area contributed by atoms with Gasteiger partial charge in [-0.15, -0.1) is 11.3 Å². The van der Waals surface area contributed by atoms with Gasteiger partial charge in [-0.25, -0.2) is 4.98 Å². The maximum absolute atomic E-state index is 4.45. The second-order valence-electron chi connectivity index (χ2n) is 3.84. The van der Waals surface area contributed by atoms with Gasteiger partial charge < -0.3 is 5.32 Å². The number of aryl methyl sites for hydroxylation is 2. The van der Waals surface area contributed by atoms with Crippen LogP contribution in [0.1, 0.15) is 16.0 Å². The number of nitrogens with one attached hydrogen (secondary N) is 1. The lowest BCUT2D eigenvalue weighted by molar-refractivity contribution is 0.829. The quantitative estimate of drug-likeness (QED) is 0.885. The highest BCUT2D eigenvalue weighted by molar-refractivity contribution is 7.15. The fraction of sp³-hybridized carbons (Fsp3) is 0.333. The molecular formula is C12H15N3S. The van der Waals surface area contributed by atoms with E-state index < -0.39 is 0 Å². The van der Waals surface area contributed by atoms with Crippen molar-refractivity contribution in [2.24, 2.45) is 0 Å². The Morgan fingerprint density at radius 1 is 1.25 bits per heavy atom. The zero-order valence-corrected chi connectivity index (χ0v) is 10.6. The predicted molar refractivity (Wildman–Crippen MR) is 67.6 cm³/mol. The number of hydrogen-bond donors (Lipinski definition) is 1. The number of aromatic nitrogens is 2. The fourth-order valence-corrected chi connectivity index (χ4v) is 2.60. The van der Waals surface area contributed by atoms with Crippen molar-refractivity contribution in [2.45, 2.75) is 20.4 Å². The van der Waals surface area contributed by atoms with Gasteiger partial charge in [0.1, 0.15) is 10.7 Å². The minimum atomic E-state index is 0.864. The number of thiazole rings is 1. The number of hydrogen-bond acceptors (Lipinski definition) is 4. The molecule has 0 fully saturated rings. The van der Waals surface area contributed by atoms with Gasteiger partial charge in [0.15, 0.2) is 0 Å². The molecule has 2 rings (SSSR count). The smallest absolute Gasteiger partial charge is 0.142 e. The monoisotopic (exact) mass is 233 g/mol. The van der Waals surface area contributed by atoms with Crippen molar-refractivity contribution in [1.29, 1.82) is 0 Å². The maximum Gasteiger partial charge on any atom is 0.142 e. The Morgan fingerprint density at radius 3 is 2.75 bits per heavy atom. The average Bonchev–Trinajstić information content (AvgIpc) is 2.67. The molecule has 0 spiro atoms. The molecule has 0 radical (unpaired) electrons. The van der Waals surface area contributed by atoms with Gasteiger partial charge >= 0.3 is 0 Å². The Kier molecular flexibility index (Phi) is 3.31. The molecular weight excluding hydrogens is 218 g/mol. The highest BCUT2D eigenvalue weighted by Crippen LogP contribution is 2.26. The van der Waals surface area contributed by atoms with E-state index in [0.717, 1.165) is 17.2 Å². The molecule has 0 saturated heterocycles. The summed E-state index contributed by atoms with van der Waals surface area (Å²) < 4.78 is 0. The first-order chi connectivity index (χ1) is 7.70. The molecule has 16 heavy (non-hydrogen) atoms. The van der Waals surface area contributed by atoms with Crippen molar-refractivity contribution >= 4 is 11.3 Å². The summed E-state index contributed by atoms with van der Waals surface area (Å²) in [5.74, 6) is 0. The Labute approximate surface area is 99.6 Å². The third kappa shape index (κ3) is 2.28. The topological polar surface area (TPSA) is 37.8 Å². The van der Waals surface area contributed by atoms with Crippen LogP contribution in [-0.2, 0) is 6.54 Å². The summed E-state index contributed by atoms with van der Waals surface area (Å²) >= 11 is 1.69. The molecule has 2 aromatic heterocycles. The van der Waals surface area contributed by atoms with Crippen LogP contribution in [0.2, 0.25) is 0 Å². The third-order valence-electron chi connectivity index (χ3n) is 2.32. The fourth-order valence-electron chi connectivity index (χ4n) is 1.61. The first kappa shape index (κ1) is 11.2. The van der Waals surface area contributed by atoms with Crippen LogP contribution in [0.4, 0.5) is 0 Å². The summed E-state index contributed by atoms with van der Waals surface area (Å²) in [5.41, 5.74) is 3.37. The van der Waals surface area contributed by atoms with Crippen molar-refractivity contribution in [3.63, 3.8) is 0 Å². The van der Waals surface area contributed by atoms with Gasteiger partial charge in [-0.3, -0.25) is 4.98 Å². The Morgan fingerprint density at radius 2 is 2.06 bits per heavy atom. The second kappa shape index (κ2) is 4.72. The first-order valence-corrected chi connectivity index (χ1v) is 6.05. The van der Waals surface area contributed by atoms with Gasteiger partial charge in [0.2, 0.25) is 0 Å². The summed E-state index contributed by atoms with van der Waals surface area (Å²) in [5, 5.41) is 4.13. The van der Waals surface area contributed by atoms with E-state index in [9.17, 15) is 0 Å².